The van der Waals surface area contributed by atoms with Crippen LogP contribution >= 0.6 is 0 Å². The number of aliphatic hydroxyl groups is 1. The lowest BCUT2D eigenvalue weighted by Crippen LogP contribution is -2.49. The number of benzene rings is 1. The number of ether oxygens (including phenoxy) is 1. The highest BCUT2D eigenvalue weighted by Gasteiger charge is 2.21. The molecule has 0 spiro atoms. The number of nitrogens with zero attached hydrogens (tertiary/aromatic N) is 1. The van der Waals surface area contributed by atoms with Crippen LogP contribution in [-0.2, 0) is 0 Å². The maximum Gasteiger partial charge on any atom is 0.119 e. The van der Waals surface area contributed by atoms with Gasteiger partial charge in [-0.2, -0.15) is 0 Å². The van der Waals surface area contributed by atoms with Crippen molar-refractivity contribution in [3.63, 3.8) is 0 Å². The summed E-state index contributed by atoms with van der Waals surface area (Å²) in [6, 6.07) is 9.55. The number of hydrogen-bond acceptors (Lipinski definition) is 4. The molecule has 1 fully saturated rings. The molecule has 0 amide bonds. The first-order chi connectivity index (χ1) is 8.75. The summed E-state index contributed by atoms with van der Waals surface area (Å²) in [4.78, 5) is 2.14. The van der Waals surface area contributed by atoms with Crippen molar-refractivity contribution in [1.82, 2.24) is 4.90 Å². The summed E-state index contributed by atoms with van der Waals surface area (Å²) in [6.07, 6.45) is 2.97. The zero-order chi connectivity index (χ0) is 12.8. The number of β-amino-alcohol motifs (C(OH)–C–C–N with tert-alkyl or cyclic N) is 1. The fourth-order valence-electron chi connectivity index (χ4n) is 2.28. The Hall–Kier alpha value is -1.10. The first-order valence-corrected chi connectivity index (χ1v) is 6.61. The summed E-state index contributed by atoms with van der Waals surface area (Å²) in [6.45, 7) is 1.88. The van der Waals surface area contributed by atoms with Gasteiger partial charge in [0.15, 0.2) is 0 Å². The van der Waals surface area contributed by atoms with Gasteiger partial charge in [0.05, 0.1) is 6.17 Å². The molecule has 1 aliphatic rings. The van der Waals surface area contributed by atoms with Crippen molar-refractivity contribution < 1.29 is 9.84 Å². The summed E-state index contributed by atoms with van der Waals surface area (Å²) < 4.78 is 5.53. The molecule has 0 aromatic heterocycles. The number of nitrogens with two attached hydrogens (primary N) is 1. The van der Waals surface area contributed by atoms with Gasteiger partial charge in [-0.05, 0) is 37.9 Å². The number of rotatable bonds is 5. The van der Waals surface area contributed by atoms with Crippen molar-refractivity contribution in [2.75, 3.05) is 19.7 Å². The minimum Gasteiger partial charge on any atom is -0.491 e. The fraction of sp³-hybridized carbons (Fsp3) is 0.571. The van der Waals surface area contributed by atoms with Gasteiger partial charge in [0.25, 0.3) is 0 Å². The minimum absolute atomic E-state index is 0.0881. The van der Waals surface area contributed by atoms with Crippen LogP contribution in [0.3, 0.4) is 0 Å². The Balaban J connectivity index is 1.73. The Labute approximate surface area is 108 Å². The molecule has 2 unspecified atom stereocenters. The van der Waals surface area contributed by atoms with E-state index in [0.717, 1.165) is 18.7 Å². The zero-order valence-electron chi connectivity index (χ0n) is 10.7. The van der Waals surface area contributed by atoms with Crippen molar-refractivity contribution >= 4 is 0 Å². The molecule has 1 aromatic rings. The average Bonchev–Trinajstić information content (AvgIpc) is 2.40. The van der Waals surface area contributed by atoms with Gasteiger partial charge in [-0.3, -0.25) is 4.90 Å². The molecule has 0 aliphatic carbocycles. The Kier molecular flexibility index (Phi) is 4.99. The molecule has 1 heterocycles. The van der Waals surface area contributed by atoms with Crippen LogP contribution in [0.1, 0.15) is 19.3 Å². The lowest BCUT2D eigenvalue weighted by atomic mass is 10.1. The number of aliphatic hydroxyl groups excluding tert-OH is 1. The van der Waals surface area contributed by atoms with Gasteiger partial charge in [0.1, 0.15) is 18.5 Å². The Bertz CT molecular complexity index is 345. The topological polar surface area (TPSA) is 58.7 Å². The second-order valence-corrected chi connectivity index (χ2v) is 4.84. The second kappa shape index (κ2) is 6.73. The van der Waals surface area contributed by atoms with Gasteiger partial charge < -0.3 is 15.6 Å². The third kappa shape index (κ3) is 3.98. The van der Waals surface area contributed by atoms with E-state index < -0.39 is 6.10 Å². The van der Waals surface area contributed by atoms with Crippen LogP contribution in [0.5, 0.6) is 5.75 Å². The highest BCUT2D eigenvalue weighted by molar-refractivity contribution is 5.20. The number of piperidine rings is 1. The maximum absolute atomic E-state index is 9.96. The number of likely N-dealkylation sites (tertiary alicyclic amines) is 1. The first-order valence-electron chi connectivity index (χ1n) is 6.61. The van der Waals surface area contributed by atoms with E-state index in [2.05, 4.69) is 4.90 Å². The highest BCUT2D eigenvalue weighted by Crippen LogP contribution is 2.14. The van der Waals surface area contributed by atoms with E-state index in [0.29, 0.717) is 13.2 Å². The van der Waals surface area contributed by atoms with Gasteiger partial charge in [-0.1, -0.05) is 18.2 Å². The van der Waals surface area contributed by atoms with E-state index in [1.807, 2.05) is 30.3 Å². The maximum atomic E-state index is 9.96. The first kappa shape index (κ1) is 13.3. The molecule has 0 radical (unpaired) electrons. The van der Waals surface area contributed by atoms with Gasteiger partial charge >= 0.3 is 0 Å². The van der Waals surface area contributed by atoms with Crippen LogP contribution in [0.25, 0.3) is 0 Å². The van der Waals surface area contributed by atoms with E-state index in [4.69, 9.17) is 10.5 Å². The van der Waals surface area contributed by atoms with Crippen LogP contribution in [0.4, 0.5) is 0 Å². The smallest absolute Gasteiger partial charge is 0.119 e. The predicted octanol–water partition coefficient (Wildman–Crippen LogP) is 1.20. The Morgan fingerprint density at radius 3 is 2.83 bits per heavy atom. The molecule has 1 saturated heterocycles. The molecule has 2 rings (SSSR count). The normalized spacial score (nSPS) is 22.7. The lowest BCUT2D eigenvalue weighted by molar-refractivity contribution is 0.0411. The van der Waals surface area contributed by atoms with E-state index in [1.165, 1.54) is 12.8 Å². The van der Waals surface area contributed by atoms with E-state index in [1.54, 1.807) is 0 Å². The van der Waals surface area contributed by atoms with Crippen LogP contribution in [-0.4, -0.2) is 42.0 Å². The molecular formula is C14H22N2O2. The third-order valence-electron chi connectivity index (χ3n) is 3.30. The van der Waals surface area contributed by atoms with Crippen molar-refractivity contribution in [3.8, 4) is 5.75 Å². The van der Waals surface area contributed by atoms with E-state index in [-0.39, 0.29) is 6.17 Å². The summed E-state index contributed by atoms with van der Waals surface area (Å²) in [7, 11) is 0. The molecule has 4 nitrogen and oxygen atoms in total. The molecule has 2 atom stereocenters. The molecule has 0 bridgehead atoms. The van der Waals surface area contributed by atoms with Crippen LogP contribution in [0, 0.1) is 0 Å². The van der Waals surface area contributed by atoms with Gasteiger partial charge in [0, 0.05) is 6.54 Å². The van der Waals surface area contributed by atoms with Crippen LogP contribution in [0.2, 0.25) is 0 Å². The third-order valence-corrected chi connectivity index (χ3v) is 3.30. The van der Waals surface area contributed by atoms with Gasteiger partial charge in [0.2, 0.25) is 0 Å². The lowest BCUT2D eigenvalue weighted by Gasteiger charge is -2.34. The summed E-state index contributed by atoms with van der Waals surface area (Å²) in [5.41, 5.74) is 6.01. The molecule has 1 aliphatic heterocycles. The Morgan fingerprint density at radius 1 is 1.33 bits per heavy atom. The number of hydrogen-bond donors (Lipinski definition) is 2. The Morgan fingerprint density at radius 2 is 2.11 bits per heavy atom. The largest absolute Gasteiger partial charge is 0.491 e. The molecule has 4 heteroatoms. The van der Waals surface area contributed by atoms with Gasteiger partial charge in [-0.25, -0.2) is 0 Å². The van der Waals surface area contributed by atoms with Crippen molar-refractivity contribution in [3.05, 3.63) is 30.3 Å². The second-order valence-electron chi connectivity index (χ2n) is 4.84. The predicted molar refractivity (Wildman–Crippen MR) is 71.3 cm³/mol. The van der Waals surface area contributed by atoms with E-state index >= 15 is 0 Å². The van der Waals surface area contributed by atoms with Crippen LogP contribution in [0.15, 0.2) is 30.3 Å². The SMILES string of the molecule is NC1CCCCN1CC(O)COc1ccccc1. The standard InChI is InChI=1S/C14H22N2O2/c15-14-8-4-5-9-16(14)10-12(17)11-18-13-6-2-1-3-7-13/h1-3,6-7,12,14,17H,4-5,8-11,15H2. The highest BCUT2D eigenvalue weighted by atomic mass is 16.5. The minimum atomic E-state index is -0.491. The van der Waals surface area contributed by atoms with Crippen molar-refractivity contribution in [1.29, 1.82) is 0 Å². The number of para-hydroxylation sites is 1. The zero-order valence-corrected chi connectivity index (χ0v) is 10.7. The molecule has 100 valence electrons. The average molecular weight is 250 g/mol. The van der Waals surface area contributed by atoms with Crippen molar-refractivity contribution in [2.24, 2.45) is 5.73 Å². The van der Waals surface area contributed by atoms with Crippen molar-refractivity contribution in [2.45, 2.75) is 31.5 Å². The fourth-order valence-corrected chi connectivity index (χ4v) is 2.28. The molecule has 0 saturated carbocycles. The summed E-state index contributed by atoms with van der Waals surface area (Å²) >= 11 is 0. The van der Waals surface area contributed by atoms with Crippen LogP contribution < -0.4 is 10.5 Å². The molecular weight excluding hydrogens is 228 g/mol. The summed E-state index contributed by atoms with van der Waals surface area (Å²) in [5, 5.41) is 9.96. The quantitative estimate of drug-likeness (QED) is 0.824. The van der Waals surface area contributed by atoms with E-state index in [9.17, 15) is 5.11 Å². The van der Waals surface area contributed by atoms with Gasteiger partial charge in [-0.15, -0.1) is 0 Å². The monoisotopic (exact) mass is 250 g/mol. The summed E-state index contributed by atoms with van der Waals surface area (Å²) in [5.74, 6) is 0.791. The molecule has 3 N–H and O–H groups in total. The molecule has 1 aromatic carbocycles. The molecule has 18 heavy (non-hydrogen) atoms.